The third-order valence-electron chi connectivity index (χ3n) is 4.22. The molecule has 1 aromatic carbocycles. The number of piperazine rings is 1. The van der Waals surface area contributed by atoms with Crippen molar-refractivity contribution in [3.05, 3.63) is 29.8 Å². The van der Waals surface area contributed by atoms with Gasteiger partial charge in [0.05, 0.1) is 0 Å². The zero-order valence-electron chi connectivity index (χ0n) is 15.9. The summed E-state index contributed by atoms with van der Waals surface area (Å²) in [6.45, 7) is 14.6. The van der Waals surface area contributed by atoms with Gasteiger partial charge in [0.15, 0.2) is 5.96 Å². The molecule has 1 aliphatic heterocycles. The Labute approximate surface area is 147 Å². The normalized spacial score (nSPS) is 16.5. The maximum atomic E-state index is 4.44. The lowest BCUT2D eigenvalue weighted by Crippen LogP contribution is -2.53. The highest BCUT2D eigenvalue weighted by Gasteiger charge is 2.19. The SMILES string of the molecule is CN=C(NCCNC(C)(C)C)N1CCN(c2cccc(C)c2)CC1. The number of aliphatic imine (C=N–C) groups is 1. The minimum atomic E-state index is 0.157. The minimum Gasteiger partial charge on any atom is -0.368 e. The van der Waals surface area contributed by atoms with Crippen LogP contribution in [-0.4, -0.2) is 62.7 Å². The van der Waals surface area contributed by atoms with Crippen molar-refractivity contribution in [2.45, 2.75) is 33.2 Å². The zero-order chi connectivity index (χ0) is 17.6. The summed E-state index contributed by atoms with van der Waals surface area (Å²) in [6, 6.07) is 8.76. The summed E-state index contributed by atoms with van der Waals surface area (Å²) in [6.07, 6.45) is 0. The van der Waals surface area contributed by atoms with Crippen molar-refractivity contribution < 1.29 is 0 Å². The standard InChI is InChI=1S/C19H33N5/c1-16-7-6-8-17(15-16)23-11-13-24(14-12-23)18(20-5)21-9-10-22-19(2,3)4/h6-8,15,22H,9-14H2,1-5H3,(H,20,21). The first kappa shape index (κ1) is 18.6. The van der Waals surface area contributed by atoms with Crippen molar-refractivity contribution in [1.29, 1.82) is 0 Å². The van der Waals surface area contributed by atoms with E-state index in [0.29, 0.717) is 0 Å². The van der Waals surface area contributed by atoms with Crippen LogP contribution >= 0.6 is 0 Å². The second-order valence-electron chi connectivity index (χ2n) is 7.46. The lowest BCUT2D eigenvalue weighted by molar-refractivity contribution is 0.369. The Morgan fingerprint density at radius 2 is 1.83 bits per heavy atom. The first-order valence-corrected chi connectivity index (χ1v) is 8.91. The fraction of sp³-hybridized carbons (Fsp3) is 0.632. The Balaban J connectivity index is 1.79. The molecule has 2 N–H and O–H groups in total. The van der Waals surface area contributed by atoms with Crippen molar-refractivity contribution in [2.75, 3.05) is 51.2 Å². The van der Waals surface area contributed by atoms with Gasteiger partial charge < -0.3 is 20.4 Å². The topological polar surface area (TPSA) is 42.9 Å². The highest BCUT2D eigenvalue weighted by atomic mass is 15.3. The zero-order valence-corrected chi connectivity index (χ0v) is 15.9. The predicted molar refractivity (Wildman–Crippen MR) is 104 cm³/mol. The average molecular weight is 332 g/mol. The third-order valence-corrected chi connectivity index (χ3v) is 4.22. The van der Waals surface area contributed by atoms with Gasteiger partial charge in [0.1, 0.15) is 0 Å². The van der Waals surface area contributed by atoms with Crippen molar-refractivity contribution in [1.82, 2.24) is 15.5 Å². The van der Waals surface area contributed by atoms with Gasteiger partial charge in [-0.15, -0.1) is 0 Å². The van der Waals surface area contributed by atoms with Crippen molar-refractivity contribution in [2.24, 2.45) is 4.99 Å². The van der Waals surface area contributed by atoms with Crippen LogP contribution in [0.2, 0.25) is 0 Å². The van der Waals surface area contributed by atoms with Crippen LogP contribution in [0.5, 0.6) is 0 Å². The Bertz CT molecular complexity index is 539. The number of aryl methyl sites for hydroxylation is 1. The quantitative estimate of drug-likeness (QED) is 0.504. The molecule has 2 rings (SSSR count). The summed E-state index contributed by atoms with van der Waals surface area (Å²) in [5.74, 6) is 1.01. The van der Waals surface area contributed by atoms with E-state index in [4.69, 9.17) is 0 Å². The predicted octanol–water partition coefficient (Wildman–Crippen LogP) is 2.08. The highest BCUT2D eigenvalue weighted by molar-refractivity contribution is 5.80. The molecule has 1 aliphatic rings. The minimum absolute atomic E-state index is 0.157. The van der Waals surface area contributed by atoms with E-state index in [1.165, 1.54) is 11.3 Å². The Morgan fingerprint density at radius 3 is 2.42 bits per heavy atom. The maximum Gasteiger partial charge on any atom is 0.193 e. The van der Waals surface area contributed by atoms with Crippen LogP contribution in [-0.2, 0) is 0 Å². The molecular formula is C19H33N5. The lowest BCUT2D eigenvalue weighted by Gasteiger charge is -2.38. The summed E-state index contributed by atoms with van der Waals surface area (Å²) in [5, 5.41) is 6.96. The van der Waals surface area contributed by atoms with E-state index in [9.17, 15) is 0 Å². The van der Waals surface area contributed by atoms with Gasteiger partial charge in [-0.05, 0) is 45.4 Å². The van der Waals surface area contributed by atoms with Crippen LogP contribution in [0.15, 0.2) is 29.3 Å². The molecule has 5 nitrogen and oxygen atoms in total. The largest absolute Gasteiger partial charge is 0.368 e. The summed E-state index contributed by atoms with van der Waals surface area (Å²) < 4.78 is 0. The molecular weight excluding hydrogens is 298 g/mol. The summed E-state index contributed by atoms with van der Waals surface area (Å²) >= 11 is 0. The van der Waals surface area contributed by atoms with E-state index in [1.807, 2.05) is 7.05 Å². The number of anilines is 1. The fourth-order valence-electron chi connectivity index (χ4n) is 2.95. The van der Waals surface area contributed by atoms with E-state index < -0.39 is 0 Å². The number of nitrogens with one attached hydrogen (secondary N) is 2. The molecule has 1 saturated heterocycles. The van der Waals surface area contributed by atoms with E-state index >= 15 is 0 Å². The number of rotatable bonds is 4. The van der Waals surface area contributed by atoms with Crippen LogP contribution in [0.3, 0.4) is 0 Å². The number of hydrogen-bond donors (Lipinski definition) is 2. The molecule has 0 bridgehead atoms. The van der Waals surface area contributed by atoms with Crippen LogP contribution < -0.4 is 15.5 Å². The molecule has 1 aromatic rings. The van der Waals surface area contributed by atoms with Crippen LogP contribution in [0.4, 0.5) is 5.69 Å². The maximum absolute atomic E-state index is 4.44. The molecule has 0 saturated carbocycles. The van der Waals surface area contributed by atoms with E-state index in [1.54, 1.807) is 0 Å². The molecule has 134 valence electrons. The molecule has 5 heteroatoms. The Kier molecular flexibility index (Phi) is 6.49. The molecule has 0 radical (unpaired) electrons. The molecule has 0 aliphatic carbocycles. The van der Waals surface area contributed by atoms with Gasteiger partial charge in [0.25, 0.3) is 0 Å². The molecule has 0 spiro atoms. The molecule has 24 heavy (non-hydrogen) atoms. The van der Waals surface area contributed by atoms with E-state index in [-0.39, 0.29) is 5.54 Å². The van der Waals surface area contributed by atoms with Gasteiger partial charge in [0, 0.05) is 57.5 Å². The van der Waals surface area contributed by atoms with E-state index in [2.05, 4.69) is 77.4 Å². The van der Waals surface area contributed by atoms with Crippen molar-refractivity contribution in [3.63, 3.8) is 0 Å². The van der Waals surface area contributed by atoms with Gasteiger partial charge >= 0.3 is 0 Å². The highest BCUT2D eigenvalue weighted by Crippen LogP contribution is 2.17. The Hall–Kier alpha value is -1.75. The average Bonchev–Trinajstić information content (AvgIpc) is 2.54. The van der Waals surface area contributed by atoms with E-state index in [0.717, 1.165) is 45.2 Å². The fourth-order valence-corrected chi connectivity index (χ4v) is 2.95. The summed E-state index contributed by atoms with van der Waals surface area (Å²) in [5.41, 5.74) is 2.80. The molecule has 0 atom stereocenters. The third kappa shape index (κ3) is 5.71. The van der Waals surface area contributed by atoms with Gasteiger partial charge in [-0.25, -0.2) is 0 Å². The number of hydrogen-bond acceptors (Lipinski definition) is 3. The monoisotopic (exact) mass is 331 g/mol. The van der Waals surface area contributed by atoms with Crippen LogP contribution in [0, 0.1) is 6.92 Å². The number of nitrogens with zero attached hydrogens (tertiary/aromatic N) is 3. The molecule has 0 unspecified atom stereocenters. The smallest absolute Gasteiger partial charge is 0.193 e. The lowest BCUT2D eigenvalue weighted by atomic mass is 10.1. The van der Waals surface area contributed by atoms with Crippen LogP contribution in [0.25, 0.3) is 0 Å². The van der Waals surface area contributed by atoms with Gasteiger partial charge in [0.2, 0.25) is 0 Å². The number of benzene rings is 1. The summed E-state index contributed by atoms with van der Waals surface area (Å²) in [4.78, 5) is 9.25. The summed E-state index contributed by atoms with van der Waals surface area (Å²) in [7, 11) is 1.87. The van der Waals surface area contributed by atoms with Gasteiger partial charge in [-0.1, -0.05) is 12.1 Å². The van der Waals surface area contributed by atoms with Gasteiger partial charge in [-0.2, -0.15) is 0 Å². The second kappa shape index (κ2) is 8.38. The first-order valence-electron chi connectivity index (χ1n) is 8.91. The first-order chi connectivity index (χ1) is 11.4. The van der Waals surface area contributed by atoms with Crippen molar-refractivity contribution in [3.8, 4) is 0 Å². The molecule has 1 heterocycles. The van der Waals surface area contributed by atoms with Gasteiger partial charge in [-0.3, -0.25) is 4.99 Å². The second-order valence-corrected chi connectivity index (χ2v) is 7.46. The van der Waals surface area contributed by atoms with Crippen molar-refractivity contribution >= 4 is 11.6 Å². The molecule has 0 amide bonds. The van der Waals surface area contributed by atoms with Crippen LogP contribution in [0.1, 0.15) is 26.3 Å². The molecule has 0 aromatic heterocycles. The Morgan fingerprint density at radius 1 is 1.12 bits per heavy atom. The number of guanidine groups is 1. The molecule has 1 fully saturated rings.